The molecule has 2 aromatic rings. The van der Waals surface area contributed by atoms with Crippen LogP contribution in [-0.4, -0.2) is 18.1 Å². The molecule has 106 valence electrons. The summed E-state index contributed by atoms with van der Waals surface area (Å²) in [5.41, 5.74) is 0.642. The number of thioether (sulfide) groups is 1. The minimum Gasteiger partial charge on any atom is -0.507 e. The van der Waals surface area contributed by atoms with Gasteiger partial charge >= 0.3 is 0 Å². The zero-order valence-corrected chi connectivity index (χ0v) is 12.0. The Balaban J connectivity index is 2.20. The van der Waals surface area contributed by atoms with Crippen molar-refractivity contribution in [3.63, 3.8) is 0 Å². The number of thiocyanates is 1. The fourth-order valence-corrected chi connectivity index (χ4v) is 2.15. The Kier molecular flexibility index (Phi) is 4.69. The number of ether oxygens (including phenoxy) is 1. The average molecular weight is 300 g/mol. The Bertz CT molecular complexity index is 693. The summed E-state index contributed by atoms with van der Waals surface area (Å²) in [4.78, 5) is 13.0. The summed E-state index contributed by atoms with van der Waals surface area (Å²) in [7, 11) is 1.43. The molecule has 2 N–H and O–H groups in total. The minimum atomic E-state index is -0.467. The lowest BCUT2D eigenvalue weighted by atomic mass is 10.1. The lowest BCUT2D eigenvalue weighted by Gasteiger charge is -2.10. The number of amides is 1. The van der Waals surface area contributed by atoms with Crippen molar-refractivity contribution in [3.8, 4) is 16.9 Å². The summed E-state index contributed by atoms with van der Waals surface area (Å²) in [5, 5.41) is 23.0. The molecule has 0 bridgehead atoms. The summed E-state index contributed by atoms with van der Waals surface area (Å²) in [6, 6.07) is 11.4. The number of hydrogen-bond donors (Lipinski definition) is 2. The molecule has 0 heterocycles. The Morgan fingerprint density at radius 2 is 2.00 bits per heavy atom. The summed E-state index contributed by atoms with van der Waals surface area (Å²) in [5.74, 6) is -0.321. The van der Waals surface area contributed by atoms with E-state index in [2.05, 4.69) is 5.32 Å². The van der Waals surface area contributed by atoms with E-state index in [1.54, 1.807) is 36.4 Å². The number of carbonyl (C=O) groups is 1. The highest BCUT2D eigenvalue weighted by molar-refractivity contribution is 8.03. The molecule has 2 rings (SSSR count). The van der Waals surface area contributed by atoms with E-state index < -0.39 is 5.91 Å². The smallest absolute Gasteiger partial charge is 0.263 e. The Hall–Kier alpha value is -2.65. The summed E-state index contributed by atoms with van der Waals surface area (Å²) >= 11 is 1.04. The molecule has 2 aromatic carbocycles. The normalized spacial score (nSPS) is 9.71. The molecule has 0 saturated heterocycles. The highest BCUT2D eigenvalue weighted by Crippen LogP contribution is 2.28. The van der Waals surface area contributed by atoms with Gasteiger partial charge in [-0.2, -0.15) is 5.26 Å². The van der Waals surface area contributed by atoms with Crippen molar-refractivity contribution in [1.82, 2.24) is 0 Å². The molecule has 6 heteroatoms. The van der Waals surface area contributed by atoms with E-state index in [0.717, 1.165) is 16.7 Å². The van der Waals surface area contributed by atoms with E-state index in [9.17, 15) is 9.90 Å². The predicted molar refractivity (Wildman–Crippen MR) is 80.5 cm³/mol. The van der Waals surface area contributed by atoms with Crippen LogP contribution in [0.3, 0.4) is 0 Å². The number of nitrogens with one attached hydrogen (secondary N) is 1. The van der Waals surface area contributed by atoms with Crippen LogP contribution in [0.1, 0.15) is 10.4 Å². The Morgan fingerprint density at radius 1 is 1.29 bits per heavy atom. The van der Waals surface area contributed by atoms with Crippen molar-refractivity contribution in [1.29, 1.82) is 5.26 Å². The highest BCUT2D eigenvalue weighted by Gasteiger charge is 2.17. The van der Waals surface area contributed by atoms with Gasteiger partial charge in [0.15, 0.2) is 0 Å². The molecule has 0 aliphatic heterocycles. The third-order valence-electron chi connectivity index (χ3n) is 2.73. The van der Waals surface area contributed by atoms with Gasteiger partial charge in [-0.15, -0.1) is 0 Å². The molecule has 0 aromatic heterocycles. The SMILES string of the molecule is COc1cccc(O)c1C(=O)Nc1ccc(SC#N)cc1. The number of benzene rings is 2. The fraction of sp³-hybridized carbons (Fsp3) is 0.0667. The van der Waals surface area contributed by atoms with Gasteiger partial charge in [0.05, 0.1) is 7.11 Å². The summed E-state index contributed by atoms with van der Waals surface area (Å²) in [6.45, 7) is 0. The van der Waals surface area contributed by atoms with Gasteiger partial charge in [0.25, 0.3) is 5.91 Å². The summed E-state index contributed by atoms with van der Waals surface area (Å²) in [6.07, 6.45) is 0. The largest absolute Gasteiger partial charge is 0.507 e. The number of hydrogen-bond acceptors (Lipinski definition) is 5. The first-order valence-corrected chi connectivity index (χ1v) is 6.80. The van der Waals surface area contributed by atoms with Gasteiger partial charge in [0.1, 0.15) is 22.5 Å². The number of methoxy groups -OCH3 is 1. The monoisotopic (exact) mass is 300 g/mol. The molecule has 0 saturated carbocycles. The number of phenols is 1. The predicted octanol–water partition coefficient (Wildman–Crippen LogP) is 3.23. The maximum atomic E-state index is 12.2. The van der Waals surface area contributed by atoms with Crippen LogP contribution in [0.5, 0.6) is 11.5 Å². The van der Waals surface area contributed by atoms with Crippen molar-refractivity contribution in [2.24, 2.45) is 0 Å². The van der Waals surface area contributed by atoms with E-state index in [0.29, 0.717) is 11.4 Å². The molecular weight excluding hydrogens is 288 g/mol. The lowest BCUT2D eigenvalue weighted by Crippen LogP contribution is -2.13. The molecule has 0 radical (unpaired) electrons. The average Bonchev–Trinajstić information content (AvgIpc) is 2.49. The second-order valence-electron chi connectivity index (χ2n) is 4.03. The molecule has 0 aliphatic rings. The van der Waals surface area contributed by atoms with Crippen LogP contribution < -0.4 is 10.1 Å². The lowest BCUT2D eigenvalue weighted by molar-refractivity contribution is 0.102. The van der Waals surface area contributed by atoms with E-state index in [1.165, 1.54) is 13.2 Å². The molecule has 5 nitrogen and oxygen atoms in total. The topological polar surface area (TPSA) is 82.3 Å². The number of nitriles is 1. The molecule has 0 fully saturated rings. The molecular formula is C15H12N2O3S. The van der Waals surface area contributed by atoms with Crippen LogP contribution in [0.2, 0.25) is 0 Å². The summed E-state index contributed by atoms with van der Waals surface area (Å²) < 4.78 is 5.08. The van der Waals surface area contributed by atoms with Crippen molar-refractivity contribution in [3.05, 3.63) is 48.0 Å². The first kappa shape index (κ1) is 14.8. The van der Waals surface area contributed by atoms with E-state index in [4.69, 9.17) is 10.00 Å². The van der Waals surface area contributed by atoms with Gasteiger partial charge in [-0.1, -0.05) is 6.07 Å². The molecule has 0 spiro atoms. The third-order valence-corrected chi connectivity index (χ3v) is 3.33. The number of nitrogens with zero attached hydrogens (tertiary/aromatic N) is 1. The van der Waals surface area contributed by atoms with Crippen molar-refractivity contribution in [2.45, 2.75) is 4.90 Å². The molecule has 0 unspecified atom stereocenters. The maximum absolute atomic E-state index is 12.2. The van der Waals surface area contributed by atoms with Crippen LogP contribution in [0.4, 0.5) is 5.69 Å². The van der Waals surface area contributed by atoms with Gasteiger partial charge in [-0.3, -0.25) is 4.79 Å². The minimum absolute atomic E-state index is 0.0791. The van der Waals surface area contributed by atoms with Gasteiger partial charge in [0.2, 0.25) is 0 Å². The first-order chi connectivity index (χ1) is 10.2. The van der Waals surface area contributed by atoms with Crippen molar-refractivity contribution < 1.29 is 14.6 Å². The zero-order chi connectivity index (χ0) is 15.2. The maximum Gasteiger partial charge on any atom is 0.263 e. The third kappa shape index (κ3) is 3.46. The van der Waals surface area contributed by atoms with Crippen LogP contribution >= 0.6 is 11.8 Å². The van der Waals surface area contributed by atoms with Crippen molar-refractivity contribution in [2.75, 3.05) is 12.4 Å². The standard InChI is InChI=1S/C15H12N2O3S/c1-20-13-4-2-3-12(18)14(13)15(19)17-10-5-7-11(8-6-10)21-9-16/h2-8,18H,1H3,(H,17,19). The second-order valence-corrected chi connectivity index (χ2v) is 4.88. The number of rotatable bonds is 4. The van der Waals surface area contributed by atoms with Gasteiger partial charge in [-0.05, 0) is 48.2 Å². The Labute approximate surface area is 126 Å². The molecule has 21 heavy (non-hydrogen) atoms. The van der Waals surface area contributed by atoms with E-state index >= 15 is 0 Å². The van der Waals surface area contributed by atoms with Gasteiger partial charge in [-0.25, -0.2) is 0 Å². The van der Waals surface area contributed by atoms with Gasteiger partial charge < -0.3 is 15.2 Å². The van der Waals surface area contributed by atoms with Crippen LogP contribution in [-0.2, 0) is 0 Å². The zero-order valence-electron chi connectivity index (χ0n) is 11.2. The van der Waals surface area contributed by atoms with E-state index in [1.807, 2.05) is 5.40 Å². The van der Waals surface area contributed by atoms with Crippen LogP contribution in [0.25, 0.3) is 0 Å². The molecule has 0 aliphatic carbocycles. The Morgan fingerprint density at radius 3 is 2.62 bits per heavy atom. The highest BCUT2D eigenvalue weighted by atomic mass is 32.2. The van der Waals surface area contributed by atoms with Crippen LogP contribution in [0, 0.1) is 10.7 Å². The fourth-order valence-electron chi connectivity index (χ4n) is 1.77. The first-order valence-electron chi connectivity index (χ1n) is 5.99. The van der Waals surface area contributed by atoms with Gasteiger partial charge in [0, 0.05) is 10.6 Å². The van der Waals surface area contributed by atoms with Crippen LogP contribution in [0.15, 0.2) is 47.4 Å². The molecule has 0 atom stereocenters. The quantitative estimate of drug-likeness (QED) is 0.669. The molecule has 1 amide bonds. The number of aromatic hydroxyl groups is 1. The number of phenolic OH excluding ortho intramolecular Hbond substituents is 1. The van der Waals surface area contributed by atoms with E-state index in [-0.39, 0.29) is 11.3 Å². The number of anilines is 1. The van der Waals surface area contributed by atoms with Crippen molar-refractivity contribution >= 4 is 23.4 Å². The number of carbonyl (C=O) groups excluding carboxylic acids is 1. The second kappa shape index (κ2) is 6.68.